The number of carbonyl (C=O) groups is 1. The van der Waals surface area contributed by atoms with Crippen LogP contribution in [-0.2, 0) is 13.5 Å². The van der Waals surface area contributed by atoms with Gasteiger partial charge in [-0.05, 0) is 76.3 Å². The maximum atomic E-state index is 13.8. The number of hydrogen-bond donors (Lipinski definition) is 2. The molecule has 1 aromatic carbocycles. The van der Waals surface area contributed by atoms with Crippen LogP contribution in [0.2, 0.25) is 0 Å². The summed E-state index contributed by atoms with van der Waals surface area (Å²) >= 11 is 0. The van der Waals surface area contributed by atoms with E-state index in [-0.39, 0.29) is 40.9 Å². The summed E-state index contributed by atoms with van der Waals surface area (Å²) in [5, 5.41) is 13.3. The third kappa shape index (κ3) is 4.46. The number of nitrogens with zero attached hydrogens (tertiary/aromatic N) is 2. The van der Waals surface area contributed by atoms with Crippen LogP contribution >= 0.6 is 0 Å². The monoisotopic (exact) mass is 469 g/mol. The van der Waals surface area contributed by atoms with E-state index in [4.69, 9.17) is 4.74 Å². The number of aliphatic hydroxyl groups excluding tert-OH is 1. The fraction of sp³-hybridized carbons (Fsp3) is 0.462. The molecule has 34 heavy (non-hydrogen) atoms. The van der Waals surface area contributed by atoms with Gasteiger partial charge in [0.25, 0.3) is 11.5 Å². The van der Waals surface area contributed by atoms with Crippen molar-refractivity contribution in [3.05, 3.63) is 57.9 Å². The molecular formula is C26H32FN3O4. The van der Waals surface area contributed by atoms with Crippen LogP contribution in [0.15, 0.2) is 35.1 Å². The van der Waals surface area contributed by atoms with Crippen LogP contribution < -0.4 is 15.6 Å². The number of aliphatic hydroxyl groups is 1. The van der Waals surface area contributed by atoms with Crippen LogP contribution in [0.1, 0.15) is 62.6 Å². The van der Waals surface area contributed by atoms with E-state index in [9.17, 15) is 19.1 Å². The third-order valence-electron chi connectivity index (χ3n) is 6.40. The van der Waals surface area contributed by atoms with Crippen molar-refractivity contribution in [1.29, 1.82) is 0 Å². The van der Waals surface area contributed by atoms with E-state index in [1.165, 1.54) is 12.1 Å². The highest BCUT2D eigenvalue weighted by atomic mass is 19.1. The molecule has 1 saturated carbocycles. The van der Waals surface area contributed by atoms with Crippen molar-refractivity contribution in [2.24, 2.45) is 7.05 Å². The van der Waals surface area contributed by atoms with Crippen molar-refractivity contribution in [3.8, 4) is 11.4 Å². The van der Waals surface area contributed by atoms with E-state index in [0.717, 1.165) is 25.0 Å². The first-order valence-electron chi connectivity index (χ1n) is 11.9. The Balaban J connectivity index is 1.90. The predicted molar refractivity (Wildman–Crippen MR) is 129 cm³/mol. The molecule has 2 atom stereocenters. The lowest BCUT2D eigenvalue weighted by Crippen LogP contribution is -2.40. The molecule has 1 aliphatic rings. The number of aryl methyl sites for hydroxylation is 2. The van der Waals surface area contributed by atoms with Gasteiger partial charge >= 0.3 is 0 Å². The van der Waals surface area contributed by atoms with Gasteiger partial charge in [-0.1, -0.05) is 6.92 Å². The Bertz CT molecular complexity index is 1260. The molecule has 182 valence electrons. The molecule has 0 saturated heterocycles. The number of pyridine rings is 1. The molecule has 0 aliphatic heterocycles. The summed E-state index contributed by atoms with van der Waals surface area (Å²) in [6.45, 7) is 5.63. The van der Waals surface area contributed by atoms with Gasteiger partial charge in [0, 0.05) is 24.5 Å². The highest BCUT2D eigenvalue weighted by Crippen LogP contribution is 2.33. The molecule has 2 unspecified atom stereocenters. The number of ether oxygens (including phenoxy) is 1. The van der Waals surface area contributed by atoms with Gasteiger partial charge < -0.3 is 19.7 Å². The smallest absolute Gasteiger partial charge is 0.272 e. The number of carbonyl (C=O) groups excluding carboxylic acids is 1. The van der Waals surface area contributed by atoms with Crippen molar-refractivity contribution in [2.75, 3.05) is 0 Å². The summed E-state index contributed by atoms with van der Waals surface area (Å²) in [7, 11) is 1.75. The molecule has 7 nitrogen and oxygen atoms in total. The van der Waals surface area contributed by atoms with Crippen LogP contribution in [0.3, 0.4) is 0 Å². The minimum absolute atomic E-state index is 0.136. The lowest BCUT2D eigenvalue weighted by molar-refractivity contribution is 0.0838. The van der Waals surface area contributed by atoms with Crippen molar-refractivity contribution in [1.82, 2.24) is 14.5 Å². The van der Waals surface area contributed by atoms with Gasteiger partial charge in [-0.3, -0.25) is 14.2 Å². The Morgan fingerprint density at radius 2 is 1.97 bits per heavy atom. The van der Waals surface area contributed by atoms with Gasteiger partial charge in [0.2, 0.25) is 0 Å². The fourth-order valence-electron chi connectivity index (χ4n) is 4.80. The van der Waals surface area contributed by atoms with Crippen molar-refractivity contribution in [2.45, 2.75) is 71.1 Å². The molecule has 2 N–H and O–H groups in total. The molecule has 4 rings (SSSR count). The van der Waals surface area contributed by atoms with Gasteiger partial charge in [-0.2, -0.15) is 0 Å². The molecule has 1 aliphatic carbocycles. The number of amides is 1. The quantitative estimate of drug-likeness (QED) is 0.574. The lowest BCUT2D eigenvalue weighted by atomic mass is 9.93. The molecule has 0 bridgehead atoms. The summed E-state index contributed by atoms with van der Waals surface area (Å²) in [5.74, 6) is -0.477. The van der Waals surface area contributed by atoms with E-state index >= 15 is 0 Å². The van der Waals surface area contributed by atoms with Crippen molar-refractivity contribution in [3.63, 3.8) is 0 Å². The SMILES string of the molecule is CCc1cc2c(c(OC(C)C)c(C(=O)NC3CCCC(O)C3)n2C)c(=O)n1-c1ccc(F)cc1. The summed E-state index contributed by atoms with van der Waals surface area (Å²) in [4.78, 5) is 27.3. The Kier molecular flexibility index (Phi) is 6.79. The maximum absolute atomic E-state index is 13.8. The van der Waals surface area contributed by atoms with E-state index in [0.29, 0.717) is 29.4 Å². The highest BCUT2D eigenvalue weighted by molar-refractivity contribution is 6.04. The number of nitrogens with one attached hydrogen (secondary N) is 1. The van der Waals surface area contributed by atoms with Crippen molar-refractivity contribution < 1.29 is 19.0 Å². The van der Waals surface area contributed by atoms with Gasteiger partial charge in [0.15, 0.2) is 11.4 Å². The van der Waals surface area contributed by atoms with Crippen molar-refractivity contribution >= 4 is 16.8 Å². The molecular weight excluding hydrogens is 437 g/mol. The second-order valence-corrected chi connectivity index (χ2v) is 9.26. The van der Waals surface area contributed by atoms with E-state index in [2.05, 4.69) is 5.32 Å². The third-order valence-corrected chi connectivity index (χ3v) is 6.40. The number of halogens is 1. The standard InChI is InChI=1S/C26H32FN3O4/c1-5-18-14-21-22(26(33)30(18)19-11-9-16(27)10-12-19)24(34-15(2)3)23(29(21)4)25(32)28-17-7-6-8-20(31)13-17/h9-12,14-15,17,20,31H,5-8,13H2,1-4H3,(H,28,32). The summed E-state index contributed by atoms with van der Waals surface area (Å²) in [6, 6.07) is 7.52. The van der Waals surface area contributed by atoms with Crippen LogP contribution in [-0.4, -0.2) is 38.4 Å². The van der Waals surface area contributed by atoms with Crippen LogP contribution in [0.5, 0.6) is 5.75 Å². The summed E-state index contributed by atoms with van der Waals surface area (Å²) in [6.07, 6.45) is 2.77. The number of rotatable bonds is 6. The summed E-state index contributed by atoms with van der Waals surface area (Å²) in [5.41, 5.74) is 1.85. The largest absolute Gasteiger partial charge is 0.488 e. The van der Waals surface area contributed by atoms with E-state index in [1.807, 2.05) is 26.8 Å². The topological polar surface area (TPSA) is 85.5 Å². The minimum atomic E-state index is -0.423. The normalized spacial score (nSPS) is 18.4. The Hall–Kier alpha value is -3.13. The second kappa shape index (κ2) is 9.62. The first kappa shape index (κ1) is 24.0. The minimum Gasteiger partial charge on any atom is -0.488 e. The molecule has 3 aromatic rings. The molecule has 1 amide bonds. The predicted octanol–water partition coefficient (Wildman–Crippen LogP) is 3.85. The fourth-order valence-corrected chi connectivity index (χ4v) is 4.80. The Morgan fingerprint density at radius 3 is 2.59 bits per heavy atom. The molecule has 2 heterocycles. The van der Waals surface area contributed by atoms with E-state index < -0.39 is 6.10 Å². The van der Waals surface area contributed by atoms with E-state index in [1.54, 1.807) is 28.3 Å². The molecule has 0 spiro atoms. The zero-order valence-corrected chi connectivity index (χ0v) is 20.1. The molecule has 0 radical (unpaired) electrons. The van der Waals surface area contributed by atoms with Gasteiger partial charge in [0.1, 0.15) is 11.2 Å². The van der Waals surface area contributed by atoms with Crippen LogP contribution in [0.4, 0.5) is 4.39 Å². The van der Waals surface area contributed by atoms with Gasteiger partial charge in [-0.25, -0.2) is 4.39 Å². The zero-order valence-electron chi connectivity index (χ0n) is 20.1. The number of aromatic nitrogens is 2. The number of fused-ring (bicyclic) bond motifs is 1. The van der Waals surface area contributed by atoms with Gasteiger partial charge in [0.05, 0.1) is 17.7 Å². The first-order valence-corrected chi connectivity index (χ1v) is 11.9. The highest BCUT2D eigenvalue weighted by Gasteiger charge is 2.30. The second-order valence-electron chi connectivity index (χ2n) is 9.26. The van der Waals surface area contributed by atoms with Crippen LogP contribution in [0, 0.1) is 5.82 Å². The van der Waals surface area contributed by atoms with Gasteiger partial charge in [-0.15, -0.1) is 0 Å². The summed E-state index contributed by atoms with van der Waals surface area (Å²) < 4.78 is 22.9. The maximum Gasteiger partial charge on any atom is 0.272 e. The average molecular weight is 470 g/mol. The molecule has 1 fully saturated rings. The average Bonchev–Trinajstić information content (AvgIpc) is 3.05. The lowest BCUT2D eigenvalue weighted by Gasteiger charge is -2.26. The molecule has 8 heteroatoms. The Labute approximate surface area is 198 Å². The van der Waals surface area contributed by atoms with Crippen LogP contribution in [0.25, 0.3) is 16.6 Å². The molecule has 2 aromatic heterocycles. The first-order chi connectivity index (χ1) is 16.2. The Morgan fingerprint density at radius 1 is 1.26 bits per heavy atom. The zero-order chi connectivity index (χ0) is 24.6. The number of benzene rings is 1. The number of hydrogen-bond acceptors (Lipinski definition) is 4.